The van der Waals surface area contributed by atoms with Gasteiger partial charge in [-0.2, -0.15) is 0 Å². The van der Waals surface area contributed by atoms with E-state index >= 15 is 0 Å². The van der Waals surface area contributed by atoms with Crippen LogP contribution in [0.15, 0.2) is 48.5 Å². The molecule has 1 N–H and O–H groups in total. The normalized spacial score (nSPS) is 12.2. The summed E-state index contributed by atoms with van der Waals surface area (Å²) >= 11 is 0. The van der Waals surface area contributed by atoms with Gasteiger partial charge in [0.2, 0.25) is 0 Å². The Morgan fingerprint density at radius 3 is 2.00 bits per heavy atom. The van der Waals surface area contributed by atoms with Crippen molar-refractivity contribution in [3.05, 3.63) is 59.7 Å². The molecule has 0 aromatic heterocycles. The van der Waals surface area contributed by atoms with Crippen LogP contribution in [0.25, 0.3) is 11.1 Å². The maximum absolute atomic E-state index is 12.1. The largest absolute Gasteiger partial charge is 0.467 e. The fourth-order valence-electron chi connectivity index (χ4n) is 3.53. The molecule has 0 aliphatic heterocycles. The molecule has 8 nitrogen and oxygen atoms in total. The number of esters is 1. The van der Waals surface area contributed by atoms with E-state index in [9.17, 15) is 9.59 Å². The van der Waals surface area contributed by atoms with Gasteiger partial charge in [0.25, 0.3) is 0 Å². The monoisotopic (exact) mass is 443 g/mol. The SMILES string of the molecule is COC(=O)COCCOCCOCCNC(=O)OCC1c2ccccc2-c2ccccc21. The first-order chi connectivity index (χ1) is 15.7. The number of hydrogen-bond donors (Lipinski definition) is 1. The lowest BCUT2D eigenvalue weighted by Crippen LogP contribution is -2.29. The minimum atomic E-state index is -0.463. The Bertz CT molecular complexity index is 841. The molecule has 0 spiro atoms. The van der Waals surface area contributed by atoms with Crippen LogP contribution in [-0.4, -0.2) is 72.0 Å². The molecule has 0 saturated carbocycles. The molecule has 172 valence electrons. The number of carbonyl (C=O) groups is 2. The van der Waals surface area contributed by atoms with Gasteiger partial charge < -0.3 is 29.0 Å². The molecule has 0 fully saturated rings. The van der Waals surface area contributed by atoms with Gasteiger partial charge in [-0.05, 0) is 22.3 Å². The van der Waals surface area contributed by atoms with Crippen LogP contribution in [0.2, 0.25) is 0 Å². The zero-order chi connectivity index (χ0) is 22.6. The quantitative estimate of drug-likeness (QED) is 0.376. The second kappa shape index (κ2) is 12.8. The third-order valence-electron chi connectivity index (χ3n) is 5.05. The van der Waals surface area contributed by atoms with Crippen LogP contribution < -0.4 is 5.32 Å². The lowest BCUT2D eigenvalue weighted by molar-refractivity contribution is -0.146. The van der Waals surface area contributed by atoms with Crippen molar-refractivity contribution < 1.29 is 33.3 Å². The number of methoxy groups -OCH3 is 1. The van der Waals surface area contributed by atoms with Crippen molar-refractivity contribution in [1.29, 1.82) is 0 Å². The molecular formula is C24H29NO7. The second-order valence-corrected chi connectivity index (χ2v) is 7.11. The highest BCUT2D eigenvalue weighted by atomic mass is 16.6. The highest BCUT2D eigenvalue weighted by Crippen LogP contribution is 2.44. The Balaban J connectivity index is 1.25. The summed E-state index contributed by atoms with van der Waals surface area (Å²) in [6, 6.07) is 16.4. The number of carbonyl (C=O) groups excluding carboxylic acids is 2. The van der Waals surface area contributed by atoms with Gasteiger partial charge in [0, 0.05) is 12.5 Å². The summed E-state index contributed by atoms with van der Waals surface area (Å²) in [5.41, 5.74) is 4.76. The van der Waals surface area contributed by atoms with Gasteiger partial charge in [-0.3, -0.25) is 0 Å². The zero-order valence-corrected chi connectivity index (χ0v) is 18.2. The van der Waals surface area contributed by atoms with Crippen LogP contribution in [-0.2, 0) is 28.5 Å². The number of rotatable bonds is 13. The maximum atomic E-state index is 12.1. The molecule has 0 heterocycles. The third-order valence-corrected chi connectivity index (χ3v) is 5.05. The number of amides is 1. The Kier molecular flexibility index (Phi) is 9.49. The second-order valence-electron chi connectivity index (χ2n) is 7.11. The summed E-state index contributed by atoms with van der Waals surface area (Å²) in [4.78, 5) is 22.9. The first kappa shape index (κ1) is 23.7. The van der Waals surface area contributed by atoms with Gasteiger partial charge in [-0.25, -0.2) is 9.59 Å². The summed E-state index contributed by atoms with van der Waals surface area (Å²) in [6.45, 7) is 2.35. The third kappa shape index (κ3) is 6.78. The number of hydrogen-bond acceptors (Lipinski definition) is 7. The molecule has 2 aromatic carbocycles. The molecule has 3 rings (SSSR count). The van der Waals surface area contributed by atoms with Gasteiger partial charge in [0.1, 0.15) is 13.2 Å². The lowest BCUT2D eigenvalue weighted by atomic mass is 9.98. The fraction of sp³-hybridized carbons (Fsp3) is 0.417. The summed E-state index contributed by atoms with van der Waals surface area (Å²) in [7, 11) is 1.31. The number of fused-ring (bicyclic) bond motifs is 3. The predicted octanol–water partition coefficient (Wildman–Crippen LogP) is 2.75. The van der Waals surface area contributed by atoms with Crippen molar-refractivity contribution in [3.8, 4) is 11.1 Å². The molecule has 8 heteroatoms. The first-order valence-corrected chi connectivity index (χ1v) is 10.6. The average molecular weight is 443 g/mol. The van der Waals surface area contributed by atoms with Crippen molar-refractivity contribution in [2.24, 2.45) is 0 Å². The van der Waals surface area contributed by atoms with E-state index in [1.807, 2.05) is 24.3 Å². The van der Waals surface area contributed by atoms with Crippen LogP contribution in [0, 0.1) is 0 Å². The van der Waals surface area contributed by atoms with E-state index in [0.29, 0.717) is 39.6 Å². The average Bonchev–Trinajstić information content (AvgIpc) is 3.14. The van der Waals surface area contributed by atoms with E-state index in [2.05, 4.69) is 34.3 Å². The number of benzene rings is 2. The van der Waals surface area contributed by atoms with Gasteiger partial charge in [-0.1, -0.05) is 48.5 Å². The molecule has 1 aliphatic rings. The van der Waals surface area contributed by atoms with Crippen LogP contribution >= 0.6 is 0 Å². The standard InChI is InChI=1S/C24H29NO7/c1-28-23(26)17-31-15-14-30-13-12-29-11-10-25-24(27)32-16-22-20-8-4-2-6-18(20)19-7-3-5-9-21(19)22/h2-9,22H,10-17H2,1H3,(H,25,27). The number of alkyl carbamates (subject to hydrolysis) is 1. The molecule has 1 aliphatic carbocycles. The molecule has 0 atom stereocenters. The smallest absolute Gasteiger partial charge is 0.407 e. The Morgan fingerprint density at radius 1 is 0.812 bits per heavy atom. The van der Waals surface area contributed by atoms with Crippen LogP contribution in [0.3, 0.4) is 0 Å². The van der Waals surface area contributed by atoms with Crippen molar-refractivity contribution in [2.45, 2.75) is 5.92 Å². The Morgan fingerprint density at radius 2 is 1.38 bits per heavy atom. The van der Waals surface area contributed by atoms with E-state index in [0.717, 1.165) is 0 Å². The Hall–Kier alpha value is -2.94. The molecule has 0 unspecified atom stereocenters. The highest BCUT2D eigenvalue weighted by molar-refractivity contribution is 5.79. The van der Waals surface area contributed by atoms with E-state index in [4.69, 9.17) is 18.9 Å². The van der Waals surface area contributed by atoms with Crippen LogP contribution in [0.4, 0.5) is 4.79 Å². The lowest BCUT2D eigenvalue weighted by Gasteiger charge is -2.14. The van der Waals surface area contributed by atoms with Crippen molar-refractivity contribution >= 4 is 12.1 Å². The van der Waals surface area contributed by atoms with Crippen molar-refractivity contribution in [3.63, 3.8) is 0 Å². The topological polar surface area (TPSA) is 92.3 Å². The maximum Gasteiger partial charge on any atom is 0.407 e. The van der Waals surface area contributed by atoms with Gasteiger partial charge in [0.05, 0.1) is 40.1 Å². The molecule has 0 radical (unpaired) electrons. The van der Waals surface area contributed by atoms with Gasteiger partial charge in [0.15, 0.2) is 0 Å². The molecule has 2 aromatic rings. The van der Waals surface area contributed by atoms with E-state index < -0.39 is 12.1 Å². The van der Waals surface area contributed by atoms with Crippen molar-refractivity contribution in [1.82, 2.24) is 5.32 Å². The number of nitrogens with one attached hydrogen (secondary N) is 1. The van der Waals surface area contributed by atoms with Gasteiger partial charge in [-0.15, -0.1) is 0 Å². The molecule has 1 amide bonds. The van der Waals surface area contributed by atoms with Crippen LogP contribution in [0.5, 0.6) is 0 Å². The summed E-state index contributed by atoms with van der Waals surface area (Å²) in [5, 5.41) is 2.70. The van der Waals surface area contributed by atoms with Gasteiger partial charge >= 0.3 is 12.1 Å². The summed E-state index contributed by atoms with van der Waals surface area (Å²) in [6.07, 6.45) is -0.463. The fourth-order valence-corrected chi connectivity index (χ4v) is 3.53. The predicted molar refractivity (Wildman–Crippen MR) is 118 cm³/mol. The van der Waals surface area contributed by atoms with E-state index in [1.165, 1.54) is 29.4 Å². The van der Waals surface area contributed by atoms with Crippen molar-refractivity contribution in [2.75, 3.05) is 59.9 Å². The Labute approximate surface area is 187 Å². The van der Waals surface area contributed by atoms with Crippen LogP contribution in [0.1, 0.15) is 17.0 Å². The number of ether oxygens (including phenoxy) is 5. The highest BCUT2D eigenvalue weighted by Gasteiger charge is 2.28. The van der Waals surface area contributed by atoms with E-state index in [1.54, 1.807) is 0 Å². The molecule has 0 saturated heterocycles. The summed E-state index contributed by atoms with van der Waals surface area (Å²) in [5.74, 6) is -0.379. The zero-order valence-electron chi connectivity index (χ0n) is 18.2. The summed E-state index contributed by atoms with van der Waals surface area (Å²) < 4.78 is 25.7. The minimum absolute atomic E-state index is 0.0400. The first-order valence-electron chi connectivity index (χ1n) is 10.6. The molecule has 32 heavy (non-hydrogen) atoms. The minimum Gasteiger partial charge on any atom is -0.467 e. The molecule has 0 bridgehead atoms. The molecular weight excluding hydrogens is 414 g/mol. The van der Waals surface area contributed by atoms with E-state index in [-0.39, 0.29) is 19.1 Å².